The Morgan fingerprint density at radius 1 is 0.944 bits per heavy atom. The first-order valence-electron chi connectivity index (χ1n) is 5.70. The second-order valence-electron chi connectivity index (χ2n) is 4.31. The summed E-state index contributed by atoms with van der Waals surface area (Å²) in [7, 11) is 0. The summed E-state index contributed by atoms with van der Waals surface area (Å²) in [5.41, 5.74) is 2.06. The Morgan fingerprint density at radius 2 is 1.50 bits per heavy atom. The molecule has 0 spiro atoms. The molecule has 0 aliphatic rings. The van der Waals surface area contributed by atoms with Crippen molar-refractivity contribution in [3.8, 4) is 5.75 Å². The third kappa shape index (κ3) is 2.86. The second-order valence-corrected chi connectivity index (χ2v) is 4.31. The quantitative estimate of drug-likeness (QED) is 0.792. The number of hydrogen-bond acceptors (Lipinski definition) is 1. The van der Waals surface area contributed by atoms with Crippen LogP contribution in [-0.4, -0.2) is 0 Å². The van der Waals surface area contributed by atoms with Crippen LogP contribution in [0.15, 0.2) is 36.4 Å². The minimum atomic E-state index is -0.584. The van der Waals surface area contributed by atoms with Crippen LogP contribution in [0.3, 0.4) is 0 Å². The number of rotatable bonds is 3. The van der Waals surface area contributed by atoms with E-state index in [0.717, 1.165) is 11.1 Å². The van der Waals surface area contributed by atoms with E-state index >= 15 is 0 Å². The third-order valence-corrected chi connectivity index (χ3v) is 2.64. The molecule has 2 aromatic carbocycles. The zero-order valence-corrected chi connectivity index (χ0v) is 10.3. The van der Waals surface area contributed by atoms with Crippen molar-refractivity contribution in [2.45, 2.75) is 20.5 Å². The molecule has 0 radical (unpaired) electrons. The Morgan fingerprint density at radius 3 is 2.06 bits per heavy atom. The van der Waals surface area contributed by atoms with Gasteiger partial charge in [0, 0.05) is 0 Å². The minimum Gasteiger partial charge on any atom is -0.489 e. The number of aryl methyl sites for hydroxylation is 2. The number of benzene rings is 2. The molecule has 0 fully saturated rings. The maximum Gasteiger partial charge on any atom is 0.132 e. The van der Waals surface area contributed by atoms with Crippen LogP contribution in [0.25, 0.3) is 0 Å². The summed E-state index contributed by atoms with van der Waals surface area (Å²) < 4.78 is 32.2. The second kappa shape index (κ2) is 5.17. The molecule has 2 aromatic rings. The highest BCUT2D eigenvalue weighted by atomic mass is 19.1. The van der Waals surface area contributed by atoms with Crippen LogP contribution >= 0.6 is 0 Å². The first-order chi connectivity index (χ1) is 8.56. The van der Waals surface area contributed by atoms with Crippen molar-refractivity contribution in [1.82, 2.24) is 0 Å². The van der Waals surface area contributed by atoms with E-state index in [1.807, 2.05) is 32.0 Å². The smallest absolute Gasteiger partial charge is 0.132 e. The Hall–Kier alpha value is -1.90. The minimum absolute atomic E-state index is 0.0448. The standard InChI is InChI=1S/C15H14F2O/c1-10-6-11(2)8-12(7-10)18-9-13-14(16)4-3-5-15(13)17/h3-8H,9H2,1-2H3. The van der Waals surface area contributed by atoms with Crippen LogP contribution in [0.1, 0.15) is 16.7 Å². The van der Waals surface area contributed by atoms with Crippen LogP contribution in [-0.2, 0) is 6.61 Å². The molecule has 0 saturated carbocycles. The Bertz CT molecular complexity index is 524. The molecular formula is C15H14F2O. The maximum absolute atomic E-state index is 13.4. The summed E-state index contributed by atoms with van der Waals surface area (Å²) in [6, 6.07) is 9.48. The lowest BCUT2D eigenvalue weighted by molar-refractivity contribution is 0.292. The summed E-state index contributed by atoms with van der Waals surface area (Å²) in [6.45, 7) is 3.79. The molecule has 0 saturated heterocycles. The first-order valence-corrected chi connectivity index (χ1v) is 5.70. The van der Waals surface area contributed by atoms with Crippen molar-refractivity contribution in [1.29, 1.82) is 0 Å². The molecule has 2 rings (SSSR count). The van der Waals surface area contributed by atoms with Crippen molar-refractivity contribution in [3.05, 3.63) is 64.7 Å². The molecule has 0 unspecified atom stereocenters. The molecule has 94 valence electrons. The average Bonchev–Trinajstić information content (AvgIpc) is 2.27. The van der Waals surface area contributed by atoms with Crippen molar-refractivity contribution >= 4 is 0 Å². The summed E-state index contributed by atoms with van der Waals surface area (Å²) in [5, 5.41) is 0. The molecule has 3 heteroatoms. The van der Waals surface area contributed by atoms with E-state index in [1.165, 1.54) is 18.2 Å². The zero-order chi connectivity index (χ0) is 13.1. The van der Waals surface area contributed by atoms with Gasteiger partial charge in [-0.25, -0.2) is 8.78 Å². The summed E-state index contributed by atoms with van der Waals surface area (Å²) in [6.07, 6.45) is 0. The number of halogens is 2. The van der Waals surface area contributed by atoms with Crippen molar-refractivity contribution in [2.75, 3.05) is 0 Å². The van der Waals surface area contributed by atoms with E-state index in [-0.39, 0.29) is 12.2 Å². The van der Waals surface area contributed by atoms with Crippen molar-refractivity contribution in [2.24, 2.45) is 0 Å². The predicted octanol–water partition coefficient (Wildman–Crippen LogP) is 4.16. The number of hydrogen-bond donors (Lipinski definition) is 0. The van der Waals surface area contributed by atoms with Gasteiger partial charge >= 0.3 is 0 Å². The third-order valence-electron chi connectivity index (χ3n) is 2.64. The molecule has 0 amide bonds. The van der Waals surface area contributed by atoms with Crippen LogP contribution < -0.4 is 4.74 Å². The Kier molecular flexibility index (Phi) is 3.60. The lowest BCUT2D eigenvalue weighted by atomic mass is 10.1. The molecule has 0 bridgehead atoms. The molecule has 1 nitrogen and oxygen atoms in total. The molecule has 0 atom stereocenters. The topological polar surface area (TPSA) is 9.23 Å². The van der Waals surface area contributed by atoms with E-state index in [2.05, 4.69) is 0 Å². The Labute approximate surface area is 105 Å². The largest absolute Gasteiger partial charge is 0.489 e. The predicted molar refractivity (Wildman–Crippen MR) is 66.6 cm³/mol. The van der Waals surface area contributed by atoms with Gasteiger partial charge in [0.15, 0.2) is 0 Å². The van der Waals surface area contributed by atoms with Crippen LogP contribution in [0.2, 0.25) is 0 Å². The molecule has 0 aromatic heterocycles. The highest BCUT2D eigenvalue weighted by Crippen LogP contribution is 2.19. The number of ether oxygens (including phenoxy) is 1. The van der Waals surface area contributed by atoms with Gasteiger partial charge in [0.1, 0.15) is 24.0 Å². The normalized spacial score (nSPS) is 10.4. The molecule has 0 aliphatic heterocycles. The summed E-state index contributed by atoms with van der Waals surface area (Å²) in [5.74, 6) is -0.547. The van der Waals surface area contributed by atoms with Gasteiger partial charge in [0.25, 0.3) is 0 Å². The average molecular weight is 248 g/mol. The van der Waals surface area contributed by atoms with E-state index in [4.69, 9.17) is 4.74 Å². The fourth-order valence-electron chi connectivity index (χ4n) is 1.84. The molecule has 18 heavy (non-hydrogen) atoms. The molecule has 0 aliphatic carbocycles. The van der Waals surface area contributed by atoms with Gasteiger partial charge in [-0.3, -0.25) is 0 Å². The Balaban J connectivity index is 2.16. The van der Waals surface area contributed by atoms with Crippen molar-refractivity contribution < 1.29 is 13.5 Å². The van der Waals surface area contributed by atoms with Gasteiger partial charge in [-0.2, -0.15) is 0 Å². The first kappa shape index (κ1) is 12.6. The summed E-state index contributed by atoms with van der Waals surface area (Å²) >= 11 is 0. The van der Waals surface area contributed by atoms with E-state index in [0.29, 0.717) is 5.75 Å². The molecule has 0 N–H and O–H groups in total. The van der Waals surface area contributed by atoms with Gasteiger partial charge in [-0.1, -0.05) is 12.1 Å². The lowest BCUT2D eigenvalue weighted by Gasteiger charge is -2.09. The van der Waals surface area contributed by atoms with Crippen LogP contribution in [0.5, 0.6) is 5.75 Å². The SMILES string of the molecule is Cc1cc(C)cc(OCc2c(F)cccc2F)c1. The van der Waals surface area contributed by atoms with Crippen molar-refractivity contribution in [3.63, 3.8) is 0 Å². The van der Waals surface area contributed by atoms with Gasteiger partial charge in [0.05, 0.1) is 5.56 Å². The zero-order valence-electron chi connectivity index (χ0n) is 10.3. The van der Waals surface area contributed by atoms with Gasteiger partial charge in [-0.15, -0.1) is 0 Å². The maximum atomic E-state index is 13.4. The van der Waals surface area contributed by atoms with Crippen LogP contribution in [0, 0.1) is 25.5 Å². The fraction of sp³-hybridized carbons (Fsp3) is 0.200. The highest BCUT2D eigenvalue weighted by Gasteiger charge is 2.09. The fourth-order valence-corrected chi connectivity index (χ4v) is 1.84. The van der Waals surface area contributed by atoms with E-state index in [1.54, 1.807) is 0 Å². The van der Waals surface area contributed by atoms with E-state index in [9.17, 15) is 8.78 Å². The van der Waals surface area contributed by atoms with Crippen LogP contribution in [0.4, 0.5) is 8.78 Å². The molecular weight excluding hydrogens is 234 g/mol. The van der Waals surface area contributed by atoms with E-state index < -0.39 is 11.6 Å². The monoisotopic (exact) mass is 248 g/mol. The summed E-state index contributed by atoms with van der Waals surface area (Å²) in [4.78, 5) is 0. The lowest BCUT2D eigenvalue weighted by Crippen LogP contribution is -2.02. The van der Waals surface area contributed by atoms with Gasteiger partial charge in [-0.05, 0) is 49.2 Å². The van der Waals surface area contributed by atoms with Gasteiger partial charge < -0.3 is 4.74 Å². The molecule has 0 heterocycles. The van der Waals surface area contributed by atoms with Gasteiger partial charge in [0.2, 0.25) is 0 Å². The highest BCUT2D eigenvalue weighted by molar-refractivity contribution is 5.33.